The van der Waals surface area contributed by atoms with Crippen molar-refractivity contribution >= 4 is 22.8 Å². The van der Waals surface area contributed by atoms with Gasteiger partial charge in [-0.2, -0.15) is 0 Å². The van der Waals surface area contributed by atoms with E-state index in [0.29, 0.717) is 23.0 Å². The fourth-order valence-corrected chi connectivity index (χ4v) is 1.92. The molecule has 0 spiro atoms. The second-order valence-corrected chi connectivity index (χ2v) is 5.61. The van der Waals surface area contributed by atoms with E-state index in [0.717, 1.165) is 0 Å². The van der Waals surface area contributed by atoms with Crippen molar-refractivity contribution in [3.8, 4) is 0 Å². The van der Waals surface area contributed by atoms with Crippen LogP contribution in [0.25, 0.3) is 10.9 Å². The van der Waals surface area contributed by atoms with E-state index in [9.17, 15) is 14.0 Å². The van der Waals surface area contributed by atoms with Gasteiger partial charge in [0.2, 0.25) is 0 Å². The maximum absolute atomic E-state index is 13.1. The van der Waals surface area contributed by atoms with E-state index in [1.54, 1.807) is 26.0 Å². The predicted molar refractivity (Wildman–Crippen MR) is 76.6 cm³/mol. The Morgan fingerprint density at radius 2 is 2.05 bits per heavy atom. The van der Waals surface area contributed by atoms with Gasteiger partial charge in [0, 0.05) is 17.4 Å². The Kier molecular flexibility index (Phi) is 3.97. The van der Waals surface area contributed by atoms with Crippen LogP contribution in [0, 0.1) is 11.2 Å². The minimum Gasteiger partial charge on any atom is -0.481 e. The topological polar surface area (TPSA) is 82.2 Å². The Labute approximate surface area is 121 Å². The molecule has 0 atom stereocenters. The highest BCUT2D eigenvalue weighted by molar-refractivity contribution is 5.98. The number of aromatic nitrogens is 1. The molecule has 0 saturated carbocycles. The molecule has 0 saturated heterocycles. The number of hydrogen-bond donors (Lipinski definition) is 3. The van der Waals surface area contributed by atoms with Gasteiger partial charge >= 0.3 is 5.97 Å². The number of halogens is 1. The lowest BCUT2D eigenvalue weighted by molar-refractivity contribution is -0.147. The number of fused-ring (bicyclic) bond motifs is 1. The van der Waals surface area contributed by atoms with Crippen LogP contribution in [0.15, 0.2) is 24.3 Å². The van der Waals surface area contributed by atoms with Crippen LogP contribution in [0.4, 0.5) is 4.39 Å². The van der Waals surface area contributed by atoms with Crippen LogP contribution < -0.4 is 5.32 Å². The zero-order valence-electron chi connectivity index (χ0n) is 11.9. The minimum absolute atomic E-state index is 0.252. The van der Waals surface area contributed by atoms with Crippen molar-refractivity contribution < 1.29 is 19.1 Å². The van der Waals surface area contributed by atoms with E-state index in [1.807, 2.05) is 0 Å². The van der Waals surface area contributed by atoms with Crippen LogP contribution in [0.5, 0.6) is 0 Å². The maximum atomic E-state index is 13.1. The molecule has 1 heterocycles. The number of carboxylic acids is 1. The highest BCUT2D eigenvalue weighted by Gasteiger charge is 2.26. The molecule has 0 aliphatic carbocycles. The molecular weight excluding hydrogens is 275 g/mol. The van der Waals surface area contributed by atoms with Crippen LogP contribution in [-0.2, 0) is 4.79 Å². The Morgan fingerprint density at radius 3 is 2.71 bits per heavy atom. The van der Waals surface area contributed by atoms with E-state index in [4.69, 9.17) is 5.11 Å². The third-order valence-electron chi connectivity index (χ3n) is 3.44. The number of carbonyl (C=O) groups is 2. The Balaban J connectivity index is 2.01. The van der Waals surface area contributed by atoms with Crippen LogP contribution in [0.1, 0.15) is 30.8 Å². The number of aromatic amines is 1. The zero-order chi connectivity index (χ0) is 15.6. The molecule has 1 amide bonds. The summed E-state index contributed by atoms with van der Waals surface area (Å²) in [5, 5.41) is 12.3. The number of rotatable bonds is 5. The highest BCUT2D eigenvalue weighted by Crippen LogP contribution is 2.20. The average molecular weight is 292 g/mol. The number of carboxylic acid groups (broad SMARTS) is 1. The van der Waals surface area contributed by atoms with Gasteiger partial charge in [0.1, 0.15) is 11.5 Å². The molecule has 1 aromatic carbocycles. The number of carbonyl (C=O) groups excluding carboxylic acids is 1. The minimum atomic E-state index is -0.905. The number of benzene rings is 1. The van der Waals surface area contributed by atoms with Gasteiger partial charge < -0.3 is 15.4 Å². The molecule has 6 heteroatoms. The number of nitrogens with one attached hydrogen (secondary N) is 2. The molecule has 5 nitrogen and oxygen atoms in total. The summed E-state index contributed by atoms with van der Waals surface area (Å²) >= 11 is 0. The summed E-state index contributed by atoms with van der Waals surface area (Å²) in [5.74, 6) is -1.61. The van der Waals surface area contributed by atoms with Crippen molar-refractivity contribution in [3.63, 3.8) is 0 Å². The standard InChI is InChI=1S/C15H17FN2O3/c1-15(2,14(20)21)5-6-17-13(19)12-8-9-7-10(16)3-4-11(9)18-12/h3-4,7-8,18H,5-6H2,1-2H3,(H,17,19)(H,20,21). The smallest absolute Gasteiger partial charge is 0.309 e. The van der Waals surface area contributed by atoms with Gasteiger partial charge in [-0.15, -0.1) is 0 Å². The van der Waals surface area contributed by atoms with Crippen molar-refractivity contribution in [2.24, 2.45) is 5.41 Å². The molecule has 0 fully saturated rings. The molecule has 1 aromatic heterocycles. The zero-order valence-corrected chi connectivity index (χ0v) is 11.9. The summed E-state index contributed by atoms with van der Waals surface area (Å²) in [5.41, 5.74) is 0.104. The SMILES string of the molecule is CC(C)(CCNC(=O)c1cc2cc(F)ccc2[nH]1)C(=O)O. The molecule has 2 aromatic rings. The molecule has 0 unspecified atom stereocenters. The summed E-state index contributed by atoms with van der Waals surface area (Å²) in [4.78, 5) is 25.8. The van der Waals surface area contributed by atoms with E-state index in [2.05, 4.69) is 10.3 Å². The van der Waals surface area contributed by atoms with Crippen LogP contribution in [0.2, 0.25) is 0 Å². The Morgan fingerprint density at radius 1 is 1.33 bits per heavy atom. The first-order valence-electron chi connectivity index (χ1n) is 6.59. The van der Waals surface area contributed by atoms with E-state index < -0.39 is 11.4 Å². The molecule has 3 N–H and O–H groups in total. The second-order valence-electron chi connectivity index (χ2n) is 5.61. The van der Waals surface area contributed by atoms with Crippen molar-refractivity contribution in [2.75, 3.05) is 6.54 Å². The van der Waals surface area contributed by atoms with Gasteiger partial charge in [-0.1, -0.05) is 0 Å². The lowest BCUT2D eigenvalue weighted by Gasteiger charge is -2.18. The molecule has 112 valence electrons. The lowest BCUT2D eigenvalue weighted by atomic mass is 9.90. The second kappa shape index (κ2) is 5.55. The summed E-state index contributed by atoms with van der Waals surface area (Å²) in [7, 11) is 0. The molecule has 0 aliphatic heterocycles. The molecule has 0 bridgehead atoms. The average Bonchev–Trinajstić information content (AvgIpc) is 2.81. The van der Waals surface area contributed by atoms with Crippen molar-refractivity contribution in [3.05, 3.63) is 35.8 Å². The summed E-state index contributed by atoms with van der Waals surface area (Å²) in [6, 6.07) is 5.79. The fraction of sp³-hybridized carbons (Fsp3) is 0.333. The normalized spacial score (nSPS) is 11.6. The molecule has 0 aliphatic rings. The fourth-order valence-electron chi connectivity index (χ4n) is 1.92. The quantitative estimate of drug-likeness (QED) is 0.792. The van der Waals surface area contributed by atoms with Gasteiger partial charge in [0.15, 0.2) is 0 Å². The molecule has 21 heavy (non-hydrogen) atoms. The van der Waals surface area contributed by atoms with Gasteiger partial charge in [-0.25, -0.2) is 4.39 Å². The maximum Gasteiger partial charge on any atom is 0.309 e. The third-order valence-corrected chi connectivity index (χ3v) is 3.44. The number of hydrogen-bond acceptors (Lipinski definition) is 2. The number of aliphatic carboxylic acids is 1. The van der Waals surface area contributed by atoms with E-state index >= 15 is 0 Å². The molecular formula is C15H17FN2O3. The first-order valence-corrected chi connectivity index (χ1v) is 6.59. The van der Waals surface area contributed by atoms with Gasteiger partial charge in [-0.3, -0.25) is 9.59 Å². The van der Waals surface area contributed by atoms with Crippen molar-refractivity contribution in [2.45, 2.75) is 20.3 Å². The van der Waals surface area contributed by atoms with Crippen LogP contribution in [0.3, 0.4) is 0 Å². The molecule has 0 radical (unpaired) electrons. The summed E-state index contributed by atoms with van der Waals surface area (Å²) in [6.45, 7) is 3.46. The largest absolute Gasteiger partial charge is 0.481 e. The van der Waals surface area contributed by atoms with Gasteiger partial charge in [0.25, 0.3) is 5.91 Å². The monoisotopic (exact) mass is 292 g/mol. The van der Waals surface area contributed by atoms with E-state index in [1.165, 1.54) is 12.1 Å². The Hall–Kier alpha value is -2.37. The first-order chi connectivity index (χ1) is 9.79. The highest BCUT2D eigenvalue weighted by atomic mass is 19.1. The number of amides is 1. The number of H-pyrrole nitrogens is 1. The summed E-state index contributed by atoms with van der Waals surface area (Å²) in [6.07, 6.45) is 0.322. The lowest BCUT2D eigenvalue weighted by Crippen LogP contribution is -2.32. The predicted octanol–water partition coefficient (Wildman–Crippen LogP) is 2.54. The van der Waals surface area contributed by atoms with Gasteiger partial charge in [-0.05, 0) is 44.5 Å². The third kappa shape index (κ3) is 3.39. The van der Waals surface area contributed by atoms with Crippen molar-refractivity contribution in [1.82, 2.24) is 10.3 Å². The van der Waals surface area contributed by atoms with Crippen molar-refractivity contribution in [1.29, 1.82) is 0 Å². The molecule has 2 rings (SSSR count). The van der Waals surface area contributed by atoms with Crippen LogP contribution >= 0.6 is 0 Å². The summed E-state index contributed by atoms with van der Waals surface area (Å²) < 4.78 is 13.1. The Bertz CT molecular complexity index is 691. The van der Waals surface area contributed by atoms with E-state index in [-0.39, 0.29) is 18.3 Å². The van der Waals surface area contributed by atoms with Gasteiger partial charge in [0.05, 0.1) is 5.41 Å². The first kappa shape index (κ1) is 15.0. The van der Waals surface area contributed by atoms with Crippen LogP contribution in [-0.4, -0.2) is 28.5 Å².